The third kappa shape index (κ3) is 22.4. The zero-order chi connectivity index (χ0) is 70.6. The van der Waals surface area contributed by atoms with Gasteiger partial charge in [0.25, 0.3) is 23.6 Å². The van der Waals surface area contributed by atoms with Crippen LogP contribution in [0.25, 0.3) is 0 Å². The van der Waals surface area contributed by atoms with Crippen molar-refractivity contribution in [1.82, 2.24) is 50.8 Å². The number of nitrogens with zero attached hydrogens (tertiary/aromatic N) is 6. The molecule has 0 radical (unpaired) electrons. The smallest absolute Gasteiger partial charge is 0.409 e. The first-order valence-electron chi connectivity index (χ1n) is 34.0. The number of hydrogen-bond acceptors (Lipinski definition) is 14. The number of piperazine rings is 2. The number of carbonyl (C=O) groups excluding carboxylic acids is 9. The van der Waals surface area contributed by atoms with E-state index in [1.807, 2.05) is 195 Å². The van der Waals surface area contributed by atoms with E-state index in [9.17, 15) is 43.2 Å². The van der Waals surface area contributed by atoms with Crippen LogP contribution >= 0.6 is 0 Å². The molecular weight excluding hydrogens is 1260 g/mol. The first-order chi connectivity index (χ1) is 48.6. The molecule has 0 aliphatic carbocycles. The number of aromatic nitrogens is 1. The molecule has 7 aromatic carbocycles. The summed E-state index contributed by atoms with van der Waals surface area (Å²) in [6, 6.07) is 64.4. The van der Waals surface area contributed by atoms with Crippen LogP contribution < -0.4 is 21.3 Å². The van der Waals surface area contributed by atoms with E-state index >= 15 is 0 Å². The molecule has 3 aliphatic rings. The number of urea groups is 1. The van der Waals surface area contributed by atoms with Crippen LogP contribution in [0, 0.1) is 0 Å². The summed E-state index contributed by atoms with van der Waals surface area (Å²) in [7, 11) is 0. The fourth-order valence-corrected chi connectivity index (χ4v) is 12.1. The Morgan fingerprint density at radius 2 is 0.890 bits per heavy atom. The van der Waals surface area contributed by atoms with Crippen molar-refractivity contribution in [2.24, 2.45) is 0 Å². The molecule has 3 saturated heterocycles. The number of hydrogen-bond donors (Lipinski definition) is 4. The van der Waals surface area contributed by atoms with E-state index in [1.165, 1.54) is 0 Å². The third-order valence-electron chi connectivity index (χ3n) is 17.5. The molecule has 518 valence electrons. The van der Waals surface area contributed by atoms with Crippen LogP contribution in [0.5, 0.6) is 0 Å². The molecule has 3 aliphatic heterocycles. The molecular formula is C80H88N10O10. The second-order valence-electron chi connectivity index (χ2n) is 24.9. The third-order valence-corrected chi connectivity index (χ3v) is 17.5. The number of ketones is 3. The summed E-state index contributed by atoms with van der Waals surface area (Å²) in [5, 5.41) is 11.6. The zero-order valence-corrected chi connectivity index (χ0v) is 57.0. The molecule has 3 atom stereocenters. The first kappa shape index (κ1) is 73.4. The normalized spacial score (nSPS) is 15.3. The number of amides is 7. The van der Waals surface area contributed by atoms with E-state index < -0.39 is 18.0 Å². The summed E-state index contributed by atoms with van der Waals surface area (Å²) in [6.07, 6.45) is 2.28. The maximum absolute atomic E-state index is 13.0. The molecule has 0 spiro atoms. The highest BCUT2D eigenvalue weighted by Gasteiger charge is 2.39. The average Bonchev–Trinajstić information content (AvgIpc) is 1.66. The number of rotatable bonds is 26. The van der Waals surface area contributed by atoms with Crippen molar-refractivity contribution < 1.29 is 47.9 Å². The summed E-state index contributed by atoms with van der Waals surface area (Å²) in [5.74, 6) is -1.19. The summed E-state index contributed by atoms with van der Waals surface area (Å²) in [5.41, 5.74) is 8.56. The van der Waals surface area contributed by atoms with Crippen molar-refractivity contribution in [2.75, 3.05) is 78.6 Å². The van der Waals surface area contributed by atoms with Crippen molar-refractivity contribution in [3.8, 4) is 0 Å². The van der Waals surface area contributed by atoms with Gasteiger partial charge in [0.1, 0.15) is 6.04 Å². The largest absolute Gasteiger partial charge is 0.450 e. The predicted molar refractivity (Wildman–Crippen MR) is 383 cm³/mol. The summed E-state index contributed by atoms with van der Waals surface area (Å²) in [4.78, 5) is 128. The van der Waals surface area contributed by atoms with E-state index in [4.69, 9.17) is 4.74 Å². The molecule has 20 heteroatoms. The van der Waals surface area contributed by atoms with Gasteiger partial charge in [-0.1, -0.05) is 182 Å². The second-order valence-corrected chi connectivity index (χ2v) is 24.9. The van der Waals surface area contributed by atoms with E-state index in [1.54, 1.807) is 54.3 Å². The number of Topliss-reactive ketones (excluding diaryl/α,β-unsaturated/α-hetero) is 3. The van der Waals surface area contributed by atoms with Crippen LogP contribution in [0.4, 0.5) is 9.59 Å². The van der Waals surface area contributed by atoms with Gasteiger partial charge < -0.3 is 30.9 Å². The molecule has 1 aromatic heterocycles. The Hall–Kier alpha value is -10.8. The Morgan fingerprint density at radius 3 is 1.36 bits per heavy atom. The molecule has 3 unspecified atom stereocenters. The number of pyridine rings is 1. The molecule has 100 heavy (non-hydrogen) atoms. The van der Waals surface area contributed by atoms with Gasteiger partial charge in [-0.15, -0.1) is 0 Å². The highest BCUT2D eigenvalue weighted by atomic mass is 16.6. The monoisotopic (exact) mass is 1350 g/mol. The van der Waals surface area contributed by atoms with E-state index in [2.05, 4.69) is 36.1 Å². The Bertz CT molecular complexity index is 4020. The number of imide groups is 1. The van der Waals surface area contributed by atoms with Gasteiger partial charge in [0.15, 0.2) is 17.3 Å². The Kier molecular flexibility index (Phi) is 27.8. The van der Waals surface area contributed by atoms with Gasteiger partial charge in [0, 0.05) is 114 Å². The van der Waals surface area contributed by atoms with E-state index in [0.29, 0.717) is 81.1 Å². The molecule has 20 nitrogen and oxygen atoms in total. The lowest BCUT2D eigenvalue weighted by atomic mass is 10.0. The Balaban J connectivity index is 0.000000175. The lowest BCUT2D eigenvalue weighted by Gasteiger charge is -2.34. The highest BCUT2D eigenvalue weighted by molar-refractivity contribution is 6.07. The lowest BCUT2D eigenvalue weighted by Crippen LogP contribution is -2.50. The van der Waals surface area contributed by atoms with Gasteiger partial charge in [-0.2, -0.15) is 0 Å². The second kappa shape index (κ2) is 37.8. The minimum Gasteiger partial charge on any atom is -0.450 e. The van der Waals surface area contributed by atoms with Gasteiger partial charge in [0.2, 0.25) is 0 Å². The summed E-state index contributed by atoms with van der Waals surface area (Å²) in [6.45, 7) is 13.5. The number of carbonyl (C=O) groups is 9. The highest BCUT2D eigenvalue weighted by Crippen LogP contribution is 2.20. The fourth-order valence-electron chi connectivity index (χ4n) is 12.1. The minimum absolute atomic E-state index is 0.0490. The molecule has 0 bridgehead atoms. The van der Waals surface area contributed by atoms with Gasteiger partial charge in [-0.25, -0.2) is 9.59 Å². The van der Waals surface area contributed by atoms with E-state index in [-0.39, 0.29) is 79.1 Å². The Labute approximate surface area is 585 Å². The fraction of sp³-hybridized carbons (Fsp3) is 0.300. The van der Waals surface area contributed by atoms with Crippen LogP contribution in [0.15, 0.2) is 219 Å². The van der Waals surface area contributed by atoms with Crippen LogP contribution in [0.1, 0.15) is 109 Å². The topological polar surface area (TPSA) is 240 Å². The maximum atomic E-state index is 13.0. The molecule has 4 heterocycles. The SMILES string of the molecule is CC(NC(=O)c1ccccc1CC(=O)CN1C(=O)NC(Cc2ccccc2)C1=O)c1ccccc1.CC(NC(=O)c1ccccc1CC(=O)CN1CCN(Cc2ccccn2)CC1)c1ccccc1.CCOC(=O)N1CCN(CC(=O)Cc2ccccc2C(=O)NCc2ccccc2)CC1. The van der Waals surface area contributed by atoms with Crippen LogP contribution in [0.3, 0.4) is 0 Å². The quantitative estimate of drug-likeness (QED) is 0.0370. The lowest BCUT2D eigenvalue weighted by molar-refractivity contribution is -0.131. The van der Waals surface area contributed by atoms with Gasteiger partial charge >= 0.3 is 12.1 Å². The van der Waals surface area contributed by atoms with Crippen molar-refractivity contribution in [2.45, 2.75) is 77.7 Å². The maximum Gasteiger partial charge on any atom is 0.409 e. The predicted octanol–water partition coefficient (Wildman–Crippen LogP) is 9.46. The van der Waals surface area contributed by atoms with Crippen molar-refractivity contribution in [3.63, 3.8) is 0 Å². The van der Waals surface area contributed by atoms with Gasteiger partial charge in [-0.05, 0) is 90.0 Å². The standard InChI is InChI=1S/C28H32N4O2.C28H27N3O4.C24H29N3O4/c1-22(23-9-3-2-4-10-23)30-28(34)27-13-6-5-11-24(27)19-26(33)21-32-17-15-31(16-18-32)20-25-12-7-8-14-29-25;1-19(21-12-6-3-7-13-21)29-26(33)24-15-9-8-14-22(24)17-23(32)18-31-27(34)25(30-28(31)35)16-20-10-4-2-5-11-20;1-2-31-24(30)27-14-12-26(13-15-27)18-21(28)16-20-10-6-7-11-22(20)23(29)25-17-19-8-4-3-5-9-19/h2-14,22H,15-21H2,1H3,(H,30,34);2-15,19,25H,16-18H2,1H3,(H,29,33)(H,30,35);3-11H,2,12-18H2,1H3,(H,25,29). The number of nitrogens with one attached hydrogen (secondary N) is 4. The molecule has 8 aromatic rings. The van der Waals surface area contributed by atoms with Gasteiger partial charge in [0.05, 0.1) is 44.0 Å². The number of ether oxygens (including phenoxy) is 1. The number of benzene rings is 7. The molecule has 0 saturated carbocycles. The molecule has 4 N–H and O–H groups in total. The summed E-state index contributed by atoms with van der Waals surface area (Å²) >= 11 is 0. The van der Waals surface area contributed by atoms with Crippen molar-refractivity contribution >= 4 is 53.1 Å². The van der Waals surface area contributed by atoms with Crippen LogP contribution in [-0.2, 0) is 62.7 Å². The summed E-state index contributed by atoms with van der Waals surface area (Å²) < 4.78 is 5.02. The van der Waals surface area contributed by atoms with Crippen molar-refractivity contribution in [1.29, 1.82) is 0 Å². The molecule has 7 amide bonds. The van der Waals surface area contributed by atoms with Gasteiger partial charge in [-0.3, -0.25) is 58.1 Å². The van der Waals surface area contributed by atoms with E-state index in [0.717, 1.165) is 76.7 Å². The van der Waals surface area contributed by atoms with Crippen molar-refractivity contribution in [3.05, 3.63) is 280 Å². The molecule has 3 fully saturated rings. The first-order valence-corrected chi connectivity index (χ1v) is 34.0. The Morgan fingerprint density at radius 1 is 0.480 bits per heavy atom. The average molecular weight is 1350 g/mol. The van der Waals surface area contributed by atoms with Crippen LogP contribution in [-0.4, -0.2) is 167 Å². The minimum atomic E-state index is -0.699. The zero-order valence-electron chi connectivity index (χ0n) is 57.0. The van der Waals surface area contributed by atoms with Crippen LogP contribution in [0.2, 0.25) is 0 Å². The molecule has 11 rings (SSSR count).